The molecule has 1 N–H and O–H groups in total. The number of aromatic nitrogens is 2. The van der Waals surface area contributed by atoms with Gasteiger partial charge in [0, 0.05) is 7.05 Å². The van der Waals surface area contributed by atoms with E-state index in [0.717, 1.165) is 6.42 Å². The number of aromatic amines is 1. The zero-order valence-electron chi connectivity index (χ0n) is 11.9. The molecule has 1 aromatic carbocycles. The number of nitrogens with one attached hydrogen (secondary N) is 1. The predicted octanol–water partition coefficient (Wildman–Crippen LogP) is 2.41. The highest BCUT2D eigenvalue weighted by molar-refractivity contribution is 7.71. The predicted molar refractivity (Wildman–Crippen MR) is 81.9 cm³/mol. The number of hydrogen-bond donors (Lipinski definition) is 1. The van der Waals surface area contributed by atoms with Crippen LogP contribution in [0.25, 0.3) is 10.9 Å². The van der Waals surface area contributed by atoms with Crippen LogP contribution >= 0.6 is 12.2 Å². The molecule has 0 bridgehead atoms. The van der Waals surface area contributed by atoms with Gasteiger partial charge in [-0.15, -0.1) is 0 Å². The molecule has 2 aromatic rings. The van der Waals surface area contributed by atoms with Crippen LogP contribution in [0.5, 0.6) is 0 Å². The zero-order chi connectivity index (χ0) is 15.1. The van der Waals surface area contributed by atoms with Crippen LogP contribution in [-0.4, -0.2) is 22.1 Å². The molecule has 3 rings (SSSR count). The Morgan fingerprint density at radius 3 is 2.90 bits per heavy atom. The molecular formula is C15H16N2O3S. The number of rotatable bonds is 3. The summed E-state index contributed by atoms with van der Waals surface area (Å²) in [6, 6.07) is 4.85. The highest BCUT2D eigenvalue weighted by atomic mass is 32.1. The number of benzene rings is 1. The van der Waals surface area contributed by atoms with Gasteiger partial charge in [0.25, 0.3) is 5.56 Å². The summed E-state index contributed by atoms with van der Waals surface area (Å²) in [6.45, 7) is 2.61. The topological polar surface area (TPSA) is 64.1 Å². The third-order valence-electron chi connectivity index (χ3n) is 4.04. The van der Waals surface area contributed by atoms with Crippen LogP contribution in [0, 0.1) is 16.6 Å². The van der Waals surface area contributed by atoms with Crippen molar-refractivity contribution in [1.29, 1.82) is 0 Å². The Balaban J connectivity index is 1.90. The fourth-order valence-electron chi connectivity index (χ4n) is 2.33. The van der Waals surface area contributed by atoms with E-state index in [-0.39, 0.29) is 11.5 Å². The van der Waals surface area contributed by atoms with Gasteiger partial charge < -0.3 is 9.72 Å². The molecule has 0 amide bonds. The van der Waals surface area contributed by atoms with E-state index in [1.165, 1.54) is 4.57 Å². The SMILES string of the molecule is C[C@H]1C[C@@H]1COC(=O)c1ccc2c(=O)n(C)c(=S)[nH]c2c1. The van der Waals surface area contributed by atoms with Crippen LogP contribution in [-0.2, 0) is 11.8 Å². The van der Waals surface area contributed by atoms with Crippen molar-refractivity contribution >= 4 is 29.1 Å². The first kappa shape index (κ1) is 14.0. The van der Waals surface area contributed by atoms with Crippen molar-refractivity contribution in [2.45, 2.75) is 13.3 Å². The van der Waals surface area contributed by atoms with E-state index in [1.807, 2.05) is 0 Å². The summed E-state index contributed by atoms with van der Waals surface area (Å²) in [5.41, 5.74) is 0.799. The van der Waals surface area contributed by atoms with Gasteiger partial charge in [0.1, 0.15) is 0 Å². The number of esters is 1. The minimum absolute atomic E-state index is 0.180. The zero-order valence-corrected chi connectivity index (χ0v) is 12.7. The molecule has 1 aliphatic rings. The van der Waals surface area contributed by atoms with Crippen molar-refractivity contribution in [1.82, 2.24) is 9.55 Å². The summed E-state index contributed by atoms with van der Waals surface area (Å²) < 4.78 is 6.98. The number of hydrogen-bond acceptors (Lipinski definition) is 4. The normalized spacial score (nSPS) is 20.5. The monoisotopic (exact) mass is 304 g/mol. The van der Waals surface area contributed by atoms with Crippen molar-refractivity contribution in [2.24, 2.45) is 18.9 Å². The second-order valence-electron chi connectivity index (χ2n) is 5.63. The van der Waals surface area contributed by atoms with Crippen molar-refractivity contribution in [3.8, 4) is 0 Å². The maximum atomic E-state index is 12.0. The second-order valence-corrected chi connectivity index (χ2v) is 6.01. The van der Waals surface area contributed by atoms with Crippen molar-refractivity contribution < 1.29 is 9.53 Å². The maximum Gasteiger partial charge on any atom is 0.338 e. The molecule has 1 fully saturated rings. The molecule has 5 nitrogen and oxygen atoms in total. The van der Waals surface area contributed by atoms with Gasteiger partial charge in [-0.2, -0.15) is 0 Å². The number of carbonyl (C=O) groups excluding carboxylic acids is 1. The molecule has 1 heterocycles. The molecule has 1 aromatic heterocycles. The first-order valence-corrected chi connectivity index (χ1v) is 7.28. The second kappa shape index (κ2) is 5.11. The van der Waals surface area contributed by atoms with Crippen LogP contribution in [0.2, 0.25) is 0 Å². The summed E-state index contributed by atoms with van der Waals surface area (Å²) in [6.07, 6.45) is 1.12. The van der Waals surface area contributed by atoms with Crippen molar-refractivity contribution in [3.63, 3.8) is 0 Å². The Morgan fingerprint density at radius 1 is 1.52 bits per heavy atom. The van der Waals surface area contributed by atoms with Crippen LogP contribution in [0.15, 0.2) is 23.0 Å². The Morgan fingerprint density at radius 2 is 2.24 bits per heavy atom. The lowest BCUT2D eigenvalue weighted by atomic mass is 10.1. The lowest BCUT2D eigenvalue weighted by Crippen LogP contribution is -2.19. The van der Waals surface area contributed by atoms with Gasteiger partial charge >= 0.3 is 5.97 Å². The third kappa shape index (κ3) is 2.63. The van der Waals surface area contributed by atoms with Gasteiger partial charge in [-0.3, -0.25) is 9.36 Å². The van der Waals surface area contributed by atoms with E-state index in [9.17, 15) is 9.59 Å². The van der Waals surface area contributed by atoms with E-state index in [1.54, 1.807) is 25.2 Å². The smallest absolute Gasteiger partial charge is 0.338 e. The Bertz CT molecular complexity index is 837. The quantitative estimate of drug-likeness (QED) is 0.698. The number of fused-ring (bicyclic) bond motifs is 1. The van der Waals surface area contributed by atoms with Gasteiger partial charge in [-0.25, -0.2) is 4.79 Å². The first-order valence-electron chi connectivity index (χ1n) is 6.87. The number of nitrogens with zero attached hydrogens (tertiary/aromatic N) is 1. The molecule has 0 unspecified atom stereocenters. The lowest BCUT2D eigenvalue weighted by molar-refractivity contribution is 0.0481. The highest BCUT2D eigenvalue weighted by Gasteiger charge is 2.33. The van der Waals surface area contributed by atoms with Crippen molar-refractivity contribution in [2.75, 3.05) is 6.61 Å². The van der Waals surface area contributed by atoms with Gasteiger partial charge in [-0.05, 0) is 48.7 Å². The maximum absolute atomic E-state index is 12.0. The molecule has 110 valence electrons. The molecule has 21 heavy (non-hydrogen) atoms. The third-order valence-corrected chi connectivity index (χ3v) is 4.42. The summed E-state index contributed by atoms with van der Waals surface area (Å²) in [4.78, 5) is 27.0. The lowest BCUT2D eigenvalue weighted by Gasteiger charge is -2.06. The standard InChI is InChI=1S/C15H16N2O3S/c1-8-5-10(8)7-20-14(19)9-3-4-11-12(6-9)16-15(21)17(2)13(11)18/h3-4,6,8,10H,5,7H2,1-2H3,(H,16,21)/t8-,10+/m0/s1. The van der Waals surface area contributed by atoms with Gasteiger partial charge in [0.2, 0.25) is 0 Å². The molecular weight excluding hydrogens is 288 g/mol. The minimum Gasteiger partial charge on any atom is -0.462 e. The molecule has 1 aliphatic carbocycles. The highest BCUT2D eigenvalue weighted by Crippen LogP contribution is 2.37. The van der Waals surface area contributed by atoms with Crippen molar-refractivity contribution in [3.05, 3.63) is 38.9 Å². The van der Waals surface area contributed by atoms with Crippen LogP contribution in [0.1, 0.15) is 23.7 Å². The number of H-pyrrole nitrogens is 1. The van der Waals surface area contributed by atoms with E-state index in [0.29, 0.717) is 39.7 Å². The van der Waals surface area contributed by atoms with Crippen LogP contribution in [0.4, 0.5) is 0 Å². The number of ether oxygens (including phenoxy) is 1. The number of carbonyl (C=O) groups is 1. The Kier molecular flexibility index (Phi) is 3.41. The largest absolute Gasteiger partial charge is 0.462 e. The molecule has 2 atom stereocenters. The Hall–Kier alpha value is -1.95. The fourth-order valence-corrected chi connectivity index (χ4v) is 2.52. The van der Waals surface area contributed by atoms with E-state index in [4.69, 9.17) is 17.0 Å². The summed E-state index contributed by atoms with van der Waals surface area (Å²) >= 11 is 5.08. The molecule has 0 saturated heterocycles. The Labute approximate surface area is 126 Å². The summed E-state index contributed by atoms with van der Waals surface area (Å²) in [7, 11) is 1.61. The average Bonchev–Trinajstić information content (AvgIpc) is 3.17. The van der Waals surface area contributed by atoms with Gasteiger partial charge in [0.15, 0.2) is 4.77 Å². The van der Waals surface area contributed by atoms with E-state index < -0.39 is 0 Å². The fraction of sp³-hybridized carbons (Fsp3) is 0.400. The van der Waals surface area contributed by atoms with E-state index in [2.05, 4.69) is 11.9 Å². The van der Waals surface area contributed by atoms with Crippen LogP contribution < -0.4 is 5.56 Å². The molecule has 1 saturated carbocycles. The minimum atomic E-state index is -0.365. The molecule has 6 heteroatoms. The molecule has 0 spiro atoms. The first-order chi connectivity index (χ1) is 9.97. The van der Waals surface area contributed by atoms with Crippen LogP contribution in [0.3, 0.4) is 0 Å². The van der Waals surface area contributed by atoms with E-state index >= 15 is 0 Å². The summed E-state index contributed by atoms with van der Waals surface area (Å²) in [5, 5.41) is 0.499. The molecule has 0 aliphatic heterocycles. The molecule has 0 radical (unpaired) electrons. The average molecular weight is 304 g/mol. The summed E-state index contributed by atoms with van der Waals surface area (Å²) in [5.74, 6) is 0.775. The van der Waals surface area contributed by atoms with Gasteiger partial charge in [-0.1, -0.05) is 6.92 Å². The van der Waals surface area contributed by atoms with Gasteiger partial charge in [0.05, 0.1) is 23.1 Å².